The summed E-state index contributed by atoms with van der Waals surface area (Å²) in [6.45, 7) is 5.07. The first-order valence-corrected chi connectivity index (χ1v) is 7.65. The van der Waals surface area contributed by atoms with Crippen molar-refractivity contribution in [2.24, 2.45) is 5.92 Å². The third-order valence-electron chi connectivity index (χ3n) is 3.71. The van der Waals surface area contributed by atoms with Crippen LogP contribution < -0.4 is 14.8 Å². The maximum Gasteiger partial charge on any atom is 0.251 e. The van der Waals surface area contributed by atoms with Gasteiger partial charge in [0.15, 0.2) is 0 Å². The van der Waals surface area contributed by atoms with Crippen LogP contribution in [0.4, 0.5) is 0 Å². The lowest BCUT2D eigenvalue weighted by atomic mass is 9.99. The summed E-state index contributed by atoms with van der Waals surface area (Å²) in [6, 6.07) is 5.21. The van der Waals surface area contributed by atoms with E-state index in [1.165, 1.54) is 12.8 Å². The highest BCUT2D eigenvalue weighted by molar-refractivity contribution is 5.95. The Bertz CT molecular complexity index is 423. The van der Waals surface area contributed by atoms with Gasteiger partial charge in [0.25, 0.3) is 5.91 Å². The molecular formula is C17H27NO3. The average Bonchev–Trinajstić information content (AvgIpc) is 2.54. The molecule has 21 heavy (non-hydrogen) atoms. The van der Waals surface area contributed by atoms with Crippen molar-refractivity contribution in [1.82, 2.24) is 5.32 Å². The van der Waals surface area contributed by atoms with Gasteiger partial charge in [-0.15, -0.1) is 0 Å². The molecule has 1 amide bonds. The number of carbonyl (C=O) groups is 1. The van der Waals surface area contributed by atoms with Gasteiger partial charge in [0.05, 0.1) is 14.2 Å². The van der Waals surface area contributed by atoms with Crippen LogP contribution in [0.15, 0.2) is 18.2 Å². The molecular weight excluding hydrogens is 266 g/mol. The molecule has 1 aromatic rings. The van der Waals surface area contributed by atoms with E-state index >= 15 is 0 Å². The third-order valence-corrected chi connectivity index (χ3v) is 3.71. The van der Waals surface area contributed by atoms with E-state index in [0.717, 1.165) is 19.4 Å². The van der Waals surface area contributed by atoms with E-state index in [0.29, 0.717) is 23.0 Å². The van der Waals surface area contributed by atoms with Crippen molar-refractivity contribution in [3.63, 3.8) is 0 Å². The van der Waals surface area contributed by atoms with E-state index in [2.05, 4.69) is 19.2 Å². The van der Waals surface area contributed by atoms with Gasteiger partial charge in [0.2, 0.25) is 0 Å². The Hall–Kier alpha value is -1.71. The minimum Gasteiger partial charge on any atom is -0.497 e. The molecule has 1 N–H and O–H groups in total. The third kappa shape index (κ3) is 5.66. The summed E-state index contributed by atoms with van der Waals surface area (Å²) in [7, 11) is 3.16. The largest absolute Gasteiger partial charge is 0.497 e. The second-order valence-electron chi connectivity index (χ2n) is 5.23. The van der Waals surface area contributed by atoms with Gasteiger partial charge < -0.3 is 14.8 Å². The molecule has 1 aromatic carbocycles. The number of hydrogen-bond acceptors (Lipinski definition) is 3. The molecule has 4 heteroatoms. The number of benzene rings is 1. The van der Waals surface area contributed by atoms with Crippen molar-refractivity contribution in [1.29, 1.82) is 0 Å². The predicted octanol–water partition coefficient (Wildman–Crippen LogP) is 3.65. The summed E-state index contributed by atoms with van der Waals surface area (Å²) in [6.07, 6.45) is 4.65. The summed E-state index contributed by atoms with van der Waals surface area (Å²) < 4.78 is 10.4. The van der Waals surface area contributed by atoms with E-state index in [1.54, 1.807) is 32.4 Å². The molecule has 1 atom stereocenters. The zero-order chi connectivity index (χ0) is 15.7. The Morgan fingerprint density at radius 3 is 2.24 bits per heavy atom. The number of carbonyl (C=O) groups excluding carboxylic acids is 1. The minimum atomic E-state index is -0.0813. The van der Waals surface area contributed by atoms with Gasteiger partial charge in [-0.3, -0.25) is 4.79 Å². The zero-order valence-electron chi connectivity index (χ0n) is 13.6. The van der Waals surface area contributed by atoms with Gasteiger partial charge in [-0.25, -0.2) is 0 Å². The first kappa shape index (κ1) is 17.3. The first-order valence-electron chi connectivity index (χ1n) is 7.65. The van der Waals surface area contributed by atoms with Crippen molar-refractivity contribution in [3.05, 3.63) is 23.8 Å². The highest BCUT2D eigenvalue weighted by Gasteiger charge is 2.12. The molecule has 0 aromatic heterocycles. The smallest absolute Gasteiger partial charge is 0.251 e. The Labute approximate surface area is 127 Å². The lowest BCUT2D eigenvalue weighted by molar-refractivity contribution is 0.0945. The van der Waals surface area contributed by atoms with Crippen LogP contribution in [0, 0.1) is 5.92 Å². The highest BCUT2D eigenvalue weighted by Crippen LogP contribution is 2.22. The quantitative estimate of drug-likeness (QED) is 0.756. The molecule has 1 rings (SSSR count). The second-order valence-corrected chi connectivity index (χ2v) is 5.23. The summed E-state index contributed by atoms with van der Waals surface area (Å²) in [5.41, 5.74) is 0.566. The number of hydrogen-bond donors (Lipinski definition) is 1. The molecule has 0 unspecified atom stereocenters. The number of nitrogens with one attached hydrogen (secondary N) is 1. The van der Waals surface area contributed by atoms with Crippen LogP contribution in [-0.2, 0) is 0 Å². The van der Waals surface area contributed by atoms with Crippen molar-refractivity contribution in [2.45, 2.75) is 39.5 Å². The topological polar surface area (TPSA) is 47.6 Å². The Balaban J connectivity index is 2.66. The van der Waals surface area contributed by atoms with Crippen LogP contribution in [0.2, 0.25) is 0 Å². The maximum atomic E-state index is 12.3. The zero-order valence-corrected chi connectivity index (χ0v) is 13.6. The Kier molecular flexibility index (Phi) is 7.65. The summed E-state index contributed by atoms with van der Waals surface area (Å²) in [4.78, 5) is 12.3. The van der Waals surface area contributed by atoms with Crippen LogP contribution >= 0.6 is 0 Å². The van der Waals surface area contributed by atoms with Crippen LogP contribution in [0.5, 0.6) is 11.5 Å². The molecule has 0 aliphatic carbocycles. The fourth-order valence-electron chi connectivity index (χ4n) is 2.22. The number of methoxy groups -OCH3 is 2. The van der Waals surface area contributed by atoms with E-state index in [1.807, 2.05) is 0 Å². The van der Waals surface area contributed by atoms with Crippen molar-refractivity contribution >= 4 is 5.91 Å². The number of amides is 1. The Morgan fingerprint density at radius 2 is 1.76 bits per heavy atom. The van der Waals surface area contributed by atoms with Gasteiger partial charge in [-0.2, -0.15) is 0 Å². The molecule has 0 saturated carbocycles. The minimum absolute atomic E-state index is 0.0813. The van der Waals surface area contributed by atoms with Crippen LogP contribution in [0.1, 0.15) is 49.9 Å². The number of rotatable bonds is 9. The van der Waals surface area contributed by atoms with Gasteiger partial charge >= 0.3 is 0 Å². The van der Waals surface area contributed by atoms with Crippen LogP contribution in [0.3, 0.4) is 0 Å². The van der Waals surface area contributed by atoms with Crippen LogP contribution in [0.25, 0.3) is 0 Å². The second kappa shape index (κ2) is 9.27. The van der Waals surface area contributed by atoms with Crippen molar-refractivity contribution in [3.8, 4) is 11.5 Å². The molecule has 0 fully saturated rings. The first-order chi connectivity index (χ1) is 10.1. The molecule has 4 nitrogen and oxygen atoms in total. The van der Waals surface area contributed by atoms with Crippen molar-refractivity contribution < 1.29 is 14.3 Å². The normalized spacial score (nSPS) is 11.8. The predicted molar refractivity (Wildman–Crippen MR) is 85.2 cm³/mol. The van der Waals surface area contributed by atoms with Crippen molar-refractivity contribution in [2.75, 3.05) is 20.8 Å². The van der Waals surface area contributed by atoms with Gasteiger partial charge in [0, 0.05) is 18.2 Å². The standard InChI is InChI=1S/C17H27NO3/c1-5-7-8-13(6-2)12-18-17(19)14-9-15(20-3)11-16(10-14)21-4/h9-11,13H,5-8,12H2,1-4H3,(H,18,19)/t13-/m1/s1. The number of unbranched alkanes of at least 4 members (excludes halogenated alkanes) is 1. The lowest BCUT2D eigenvalue weighted by Gasteiger charge is -2.15. The molecule has 0 aliphatic rings. The molecule has 118 valence electrons. The van der Waals surface area contributed by atoms with Gasteiger partial charge in [-0.05, 0) is 24.5 Å². The summed E-state index contributed by atoms with van der Waals surface area (Å²) in [5.74, 6) is 1.71. The van der Waals surface area contributed by atoms with Gasteiger partial charge in [0.1, 0.15) is 11.5 Å². The molecule has 0 spiro atoms. The fraction of sp³-hybridized carbons (Fsp3) is 0.588. The average molecular weight is 293 g/mol. The number of ether oxygens (including phenoxy) is 2. The SMILES string of the molecule is CCCC[C@@H](CC)CNC(=O)c1cc(OC)cc(OC)c1. The molecule has 0 bridgehead atoms. The van der Waals surface area contributed by atoms with Crippen LogP contribution in [-0.4, -0.2) is 26.7 Å². The Morgan fingerprint density at radius 1 is 1.14 bits per heavy atom. The fourth-order valence-corrected chi connectivity index (χ4v) is 2.22. The summed E-state index contributed by atoms with van der Waals surface area (Å²) in [5, 5.41) is 3.01. The summed E-state index contributed by atoms with van der Waals surface area (Å²) >= 11 is 0. The van der Waals surface area contributed by atoms with E-state index < -0.39 is 0 Å². The van der Waals surface area contributed by atoms with Gasteiger partial charge in [-0.1, -0.05) is 33.1 Å². The molecule has 0 saturated heterocycles. The molecule has 0 heterocycles. The lowest BCUT2D eigenvalue weighted by Crippen LogP contribution is -2.29. The van der Waals surface area contributed by atoms with E-state index in [-0.39, 0.29) is 5.91 Å². The monoisotopic (exact) mass is 293 g/mol. The molecule has 0 radical (unpaired) electrons. The highest BCUT2D eigenvalue weighted by atomic mass is 16.5. The maximum absolute atomic E-state index is 12.3. The van der Waals surface area contributed by atoms with E-state index in [4.69, 9.17) is 9.47 Å². The molecule has 0 aliphatic heterocycles. The van der Waals surface area contributed by atoms with E-state index in [9.17, 15) is 4.79 Å².